The molecule has 4 N–H and O–H groups in total. The molecule has 20 heavy (non-hydrogen) atoms. The Balaban J connectivity index is 2.18. The molecule has 0 radical (unpaired) electrons. The summed E-state index contributed by atoms with van der Waals surface area (Å²) in [5.74, 6) is 0.202. The van der Waals surface area contributed by atoms with Crippen LogP contribution < -0.4 is 11.1 Å². The lowest BCUT2D eigenvalue weighted by Crippen LogP contribution is -2.38. The highest BCUT2D eigenvalue weighted by molar-refractivity contribution is 7.20. The summed E-state index contributed by atoms with van der Waals surface area (Å²) in [5, 5.41) is 13.0. The van der Waals surface area contributed by atoms with Crippen LogP contribution in [0.15, 0.2) is 24.3 Å². The molecular weight excluding hydrogens is 272 g/mol. The second-order valence-electron chi connectivity index (χ2n) is 5.24. The first-order valence-corrected chi connectivity index (χ1v) is 7.53. The first-order chi connectivity index (χ1) is 9.51. The van der Waals surface area contributed by atoms with Gasteiger partial charge in [0, 0.05) is 23.0 Å². The molecular formula is C15H20N2O2S. The van der Waals surface area contributed by atoms with E-state index in [0.29, 0.717) is 17.0 Å². The van der Waals surface area contributed by atoms with Gasteiger partial charge in [-0.15, -0.1) is 11.3 Å². The Bertz CT molecular complexity index is 607. The van der Waals surface area contributed by atoms with Crippen LogP contribution in [0.5, 0.6) is 0 Å². The van der Waals surface area contributed by atoms with Gasteiger partial charge in [0.05, 0.1) is 4.88 Å². The van der Waals surface area contributed by atoms with Gasteiger partial charge in [-0.1, -0.05) is 13.8 Å². The second kappa shape index (κ2) is 6.24. The summed E-state index contributed by atoms with van der Waals surface area (Å²) >= 11 is 1.46. The second-order valence-corrected chi connectivity index (χ2v) is 6.33. The van der Waals surface area contributed by atoms with Gasteiger partial charge < -0.3 is 16.2 Å². The minimum atomic E-state index is -0.0862. The number of nitrogens with two attached hydrogens (primary N) is 1. The lowest BCUT2D eigenvalue weighted by atomic mass is 10.0. The molecule has 1 aromatic heterocycles. The quantitative estimate of drug-likeness (QED) is 0.742. The molecule has 2 aromatic rings. The molecule has 0 fully saturated rings. The molecule has 0 aliphatic rings. The Morgan fingerprint density at radius 2 is 2.15 bits per heavy atom. The van der Waals surface area contributed by atoms with E-state index in [0.717, 1.165) is 10.1 Å². The van der Waals surface area contributed by atoms with E-state index in [1.54, 1.807) is 0 Å². The van der Waals surface area contributed by atoms with Crippen molar-refractivity contribution < 1.29 is 9.90 Å². The third-order valence-corrected chi connectivity index (χ3v) is 4.44. The van der Waals surface area contributed by atoms with Gasteiger partial charge in [0.2, 0.25) is 0 Å². The van der Waals surface area contributed by atoms with Crippen LogP contribution in [-0.4, -0.2) is 23.7 Å². The zero-order valence-corrected chi connectivity index (χ0v) is 12.5. The summed E-state index contributed by atoms with van der Waals surface area (Å²) in [6, 6.07) is 7.49. The molecule has 0 saturated carbocycles. The highest BCUT2D eigenvalue weighted by Crippen LogP contribution is 2.27. The van der Waals surface area contributed by atoms with E-state index in [9.17, 15) is 4.79 Å². The fraction of sp³-hybridized carbons (Fsp3) is 0.400. The number of hydrogen-bond acceptors (Lipinski definition) is 4. The number of carbonyl (C=O) groups excluding carboxylic acids is 1. The fourth-order valence-electron chi connectivity index (χ4n) is 2.12. The molecule has 1 aromatic carbocycles. The topological polar surface area (TPSA) is 75.3 Å². The summed E-state index contributed by atoms with van der Waals surface area (Å²) in [6.45, 7) is 4.14. The van der Waals surface area contributed by atoms with Crippen LogP contribution in [0.2, 0.25) is 0 Å². The number of benzene rings is 1. The molecule has 4 nitrogen and oxygen atoms in total. The first kappa shape index (κ1) is 14.8. The number of thiophene rings is 1. The van der Waals surface area contributed by atoms with Crippen molar-refractivity contribution in [1.29, 1.82) is 0 Å². The van der Waals surface area contributed by atoms with Crippen molar-refractivity contribution in [1.82, 2.24) is 5.32 Å². The average molecular weight is 292 g/mol. The Morgan fingerprint density at radius 1 is 1.40 bits per heavy atom. The normalized spacial score (nSPS) is 12.8. The maximum atomic E-state index is 12.3. The maximum absolute atomic E-state index is 12.3. The van der Waals surface area contributed by atoms with Crippen LogP contribution in [0.25, 0.3) is 10.1 Å². The Morgan fingerprint density at radius 3 is 2.80 bits per heavy atom. The molecule has 0 saturated heterocycles. The molecule has 0 aliphatic heterocycles. The van der Waals surface area contributed by atoms with Crippen molar-refractivity contribution in [2.24, 2.45) is 5.92 Å². The molecule has 1 heterocycles. The monoisotopic (exact) mass is 292 g/mol. The van der Waals surface area contributed by atoms with E-state index in [-0.39, 0.29) is 24.5 Å². The highest BCUT2D eigenvalue weighted by atomic mass is 32.1. The zero-order chi connectivity index (χ0) is 14.7. The van der Waals surface area contributed by atoms with Crippen LogP contribution in [0.3, 0.4) is 0 Å². The Hall–Kier alpha value is -1.59. The number of aliphatic hydroxyl groups is 1. The smallest absolute Gasteiger partial charge is 0.261 e. The number of nitrogen functional groups attached to an aromatic ring is 1. The van der Waals surface area contributed by atoms with E-state index >= 15 is 0 Å². The van der Waals surface area contributed by atoms with Gasteiger partial charge in [0.15, 0.2) is 0 Å². The van der Waals surface area contributed by atoms with Gasteiger partial charge in [-0.25, -0.2) is 0 Å². The molecule has 0 spiro atoms. The molecule has 1 amide bonds. The minimum absolute atomic E-state index is 0.0113. The molecule has 0 bridgehead atoms. The number of aliphatic hydroxyl groups excluding tert-OH is 1. The number of amides is 1. The van der Waals surface area contributed by atoms with Crippen LogP contribution >= 0.6 is 11.3 Å². The van der Waals surface area contributed by atoms with E-state index in [1.165, 1.54) is 11.3 Å². The molecule has 108 valence electrons. The van der Waals surface area contributed by atoms with Crippen LogP contribution in [0, 0.1) is 5.92 Å². The Labute approximate surface area is 122 Å². The number of nitrogens with one attached hydrogen (secondary N) is 1. The molecule has 5 heteroatoms. The minimum Gasteiger partial charge on any atom is -0.399 e. The van der Waals surface area contributed by atoms with E-state index < -0.39 is 0 Å². The summed E-state index contributed by atoms with van der Waals surface area (Å²) in [5.41, 5.74) is 6.44. The molecule has 1 unspecified atom stereocenters. The van der Waals surface area contributed by atoms with Gasteiger partial charge in [-0.05, 0) is 42.0 Å². The number of fused-ring (bicyclic) bond motifs is 1. The zero-order valence-electron chi connectivity index (χ0n) is 11.7. The van der Waals surface area contributed by atoms with Crippen molar-refractivity contribution in [2.75, 3.05) is 12.3 Å². The van der Waals surface area contributed by atoms with Gasteiger partial charge in [-0.3, -0.25) is 4.79 Å². The summed E-state index contributed by atoms with van der Waals surface area (Å²) in [6.07, 6.45) is 0.571. The summed E-state index contributed by atoms with van der Waals surface area (Å²) < 4.78 is 1.05. The highest BCUT2D eigenvalue weighted by Gasteiger charge is 2.18. The largest absolute Gasteiger partial charge is 0.399 e. The van der Waals surface area contributed by atoms with Gasteiger partial charge >= 0.3 is 0 Å². The lowest BCUT2D eigenvalue weighted by molar-refractivity contribution is 0.0921. The standard InChI is InChI=1S/C15H20N2O2S/c1-9(2)12(5-6-18)17-15(19)14-8-10-7-11(16)3-4-13(10)20-14/h3-4,7-9,12,18H,5-6,16H2,1-2H3,(H,17,19). The van der Waals surface area contributed by atoms with Crippen molar-refractivity contribution >= 4 is 33.0 Å². The number of carbonyl (C=O) groups is 1. The van der Waals surface area contributed by atoms with Crippen molar-refractivity contribution in [3.8, 4) is 0 Å². The van der Waals surface area contributed by atoms with Gasteiger partial charge in [-0.2, -0.15) is 0 Å². The van der Waals surface area contributed by atoms with E-state index in [2.05, 4.69) is 5.32 Å². The van der Waals surface area contributed by atoms with E-state index in [1.807, 2.05) is 38.1 Å². The van der Waals surface area contributed by atoms with Crippen molar-refractivity contribution in [3.05, 3.63) is 29.1 Å². The van der Waals surface area contributed by atoms with Crippen LogP contribution in [0.4, 0.5) is 5.69 Å². The predicted molar refractivity (Wildman–Crippen MR) is 84.0 cm³/mol. The van der Waals surface area contributed by atoms with Crippen molar-refractivity contribution in [3.63, 3.8) is 0 Å². The first-order valence-electron chi connectivity index (χ1n) is 6.72. The summed E-state index contributed by atoms with van der Waals surface area (Å²) in [4.78, 5) is 13.0. The average Bonchev–Trinajstić information content (AvgIpc) is 2.80. The Kier molecular flexibility index (Phi) is 4.62. The predicted octanol–water partition coefficient (Wildman–Crippen LogP) is 2.62. The lowest BCUT2D eigenvalue weighted by Gasteiger charge is -2.21. The number of rotatable bonds is 5. The fourth-order valence-corrected chi connectivity index (χ4v) is 3.07. The van der Waals surface area contributed by atoms with E-state index in [4.69, 9.17) is 10.8 Å². The summed E-state index contributed by atoms with van der Waals surface area (Å²) in [7, 11) is 0. The number of hydrogen-bond donors (Lipinski definition) is 3. The third-order valence-electron chi connectivity index (χ3n) is 3.33. The van der Waals surface area contributed by atoms with Crippen molar-refractivity contribution in [2.45, 2.75) is 26.3 Å². The molecule has 0 aliphatic carbocycles. The SMILES string of the molecule is CC(C)C(CCO)NC(=O)c1cc2cc(N)ccc2s1. The van der Waals surface area contributed by atoms with Gasteiger partial charge in [0.1, 0.15) is 0 Å². The molecule has 1 atom stereocenters. The third kappa shape index (κ3) is 3.29. The molecule has 2 rings (SSSR count). The number of anilines is 1. The van der Waals surface area contributed by atoms with Gasteiger partial charge in [0.25, 0.3) is 5.91 Å². The van der Waals surface area contributed by atoms with Crippen LogP contribution in [-0.2, 0) is 0 Å². The van der Waals surface area contributed by atoms with Crippen LogP contribution in [0.1, 0.15) is 29.9 Å². The maximum Gasteiger partial charge on any atom is 0.261 e.